The number of rotatable bonds is 2. The average molecular weight is 367 g/mol. The SMILES string of the molecule is CON1CCCCC1c1ccc2ccccc2c1I. The second-order valence-electron chi connectivity index (χ2n) is 5.02. The van der Waals surface area contributed by atoms with E-state index in [0.29, 0.717) is 6.04 Å². The highest BCUT2D eigenvalue weighted by molar-refractivity contribution is 14.1. The first-order valence-corrected chi connectivity index (χ1v) is 7.87. The Kier molecular flexibility index (Phi) is 4.05. The number of halogens is 1. The van der Waals surface area contributed by atoms with E-state index < -0.39 is 0 Å². The van der Waals surface area contributed by atoms with Crippen LogP contribution in [-0.2, 0) is 4.84 Å². The largest absolute Gasteiger partial charge is 0.302 e. The second kappa shape index (κ2) is 5.77. The van der Waals surface area contributed by atoms with Crippen molar-refractivity contribution in [1.29, 1.82) is 0 Å². The topological polar surface area (TPSA) is 12.5 Å². The molecule has 0 spiro atoms. The van der Waals surface area contributed by atoms with E-state index in [1.165, 1.54) is 39.2 Å². The minimum absolute atomic E-state index is 0.398. The molecule has 0 N–H and O–H groups in total. The first-order chi connectivity index (χ1) is 9.31. The van der Waals surface area contributed by atoms with Gasteiger partial charge < -0.3 is 4.84 Å². The van der Waals surface area contributed by atoms with Crippen molar-refractivity contribution in [2.45, 2.75) is 25.3 Å². The average Bonchev–Trinajstić information content (AvgIpc) is 2.48. The van der Waals surface area contributed by atoms with Crippen LogP contribution in [-0.4, -0.2) is 18.7 Å². The van der Waals surface area contributed by atoms with E-state index in [1.807, 2.05) is 0 Å². The lowest BCUT2D eigenvalue weighted by Gasteiger charge is -2.34. The quantitative estimate of drug-likeness (QED) is 0.723. The van der Waals surface area contributed by atoms with Gasteiger partial charge in [-0.25, -0.2) is 0 Å². The first-order valence-electron chi connectivity index (χ1n) is 6.79. The Bertz CT molecular complexity index is 584. The highest BCUT2D eigenvalue weighted by atomic mass is 127. The molecule has 0 saturated carbocycles. The second-order valence-corrected chi connectivity index (χ2v) is 6.10. The maximum Gasteiger partial charge on any atom is 0.0612 e. The van der Waals surface area contributed by atoms with Gasteiger partial charge in [0, 0.05) is 10.1 Å². The first kappa shape index (κ1) is 13.3. The summed E-state index contributed by atoms with van der Waals surface area (Å²) in [5.41, 5.74) is 1.40. The maximum absolute atomic E-state index is 5.56. The number of hydrogen-bond acceptors (Lipinski definition) is 2. The molecule has 100 valence electrons. The third kappa shape index (κ3) is 2.51. The molecule has 1 aliphatic heterocycles. The predicted molar refractivity (Wildman–Crippen MR) is 87.0 cm³/mol. The maximum atomic E-state index is 5.56. The number of fused-ring (bicyclic) bond motifs is 1. The van der Waals surface area contributed by atoms with E-state index in [1.54, 1.807) is 7.11 Å². The normalized spacial score (nSPS) is 20.8. The van der Waals surface area contributed by atoms with Crippen LogP contribution in [0.4, 0.5) is 0 Å². The fraction of sp³-hybridized carbons (Fsp3) is 0.375. The summed E-state index contributed by atoms with van der Waals surface area (Å²) < 4.78 is 1.37. The Morgan fingerprint density at radius 1 is 1.16 bits per heavy atom. The Morgan fingerprint density at radius 3 is 2.84 bits per heavy atom. The molecule has 0 aliphatic carbocycles. The molecule has 2 aromatic rings. The molecule has 3 heteroatoms. The van der Waals surface area contributed by atoms with E-state index in [0.717, 1.165) is 6.54 Å². The number of piperidine rings is 1. The van der Waals surface area contributed by atoms with Gasteiger partial charge in [-0.15, -0.1) is 0 Å². The van der Waals surface area contributed by atoms with Gasteiger partial charge in [0.15, 0.2) is 0 Å². The zero-order chi connectivity index (χ0) is 13.2. The Balaban J connectivity index is 2.06. The van der Waals surface area contributed by atoms with Crippen LogP contribution in [0.5, 0.6) is 0 Å². The molecule has 0 amide bonds. The van der Waals surface area contributed by atoms with Crippen LogP contribution < -0.4 is 0 Å². The Morgan fingerprint density at radius 2 is 2.00 bits per heavy atom. The predicted octanol–water partition coefficient (Wildman–Crippen LogP) is 4.53. The van der Waals surface area contributed by atoms with Crippen LogP contribution in [0.15, 0.2) is 36.4 Å². The van der Waals surface area contributed by atoms with Gasteiger partial charge in [0.05, 0.1) is 13.2 Å². The summed E-state index contributed by atoms with van der Waals surface area (Å²) >= 11 is 2.49. The van der Waals surface area contributed by atoms with Gasteiger partial charge >= 0.3 is 0 Å². The Hall–Kier alpha value is -0.650. The molecule has 2 nitrogen and oxygen atoms in total. The lowest BCUT2D eigenvalue weighted by atomic mass is 9.95. The number of hydrogen-bond donors (Lipinski definition) is 0. The van der Waals surface area contributed by atoms with Crippen LogP contribution in [0, 0.1) is 3.57 Å². The highest BCUT2D eigenvalue weighted by Crippen LogP contribution is 2.36. The fourth-order valence-electron chi connectivity index (χ4n) is 2.94. The molecule has 0 radical (unpaired) electrons. The number of nitrogens with zero attached hydrogens (tertiary/aromatic N) is 1. The summed E-state index contributed by atoms with van der Waals surface area (Å²) in [6.07, 6.45) is 3.70. The molecule has 1 atom stereocenters. The summed E-state index contributed by atoms with van der Waals surface area (Å²) in [5, 5.41) is 4.80. The van der Waals surface area contributed by atoms with E-state index in [-0.39, 0.29) is 0 Å². The van der Waals surface area contributed by atoms with Crippen molar-refractivity contribution >= 4 is 33.4 Å². The van der Waals surface area contributed by atoms with Crippen molar-refractivity contribution in [2.24, 2.45) is 0 Å². The third-order valence-corrected chi connectivity index (χ3v) is 5.14. The van der Waals surface area contributed by atoms with E-state index >= 15 is 0 Å². The monoisotopic (exact) mass is 367 g/mol. The highest BCUT2D eigenvalue weighted by Gasteiger charge is 2.26. The molecule has 1 heterocycles. The van der Waals surface area contributed by atoms with Crippen LogP contribution in [0.2, 0.25) is 0 Å². The van der Waals surface area contributed by atoms with Crippen molar-refractivity contribution < 1.29 is 4.84 Å². The van der Waals surface area contributed by atoms with E-state index in [9.17, 15) is 0 Å². The van der Waals surface area contributed by atoms with Gasteiger partial charge in [0.1, 0.15) is 0 Å². The zero-order valence-electron chi connectivity index (χ0n) is 11.1. The molecule has 1 saturated heterocycles. The summed E-state index contributed by atoms with van der Waals surface area (Å²) in [5.74, 6) is 0. The van der Waals surface area contributed by atoms with Crippen molar-refractivity contribution in [2.75, 3.05) is 13.7 Å². The van der Waals surface area contributed by atoms with Crippen molar-refractivity contribution in [3.8, 4) is 0 Å². The lowest BCUT2D eigenvalue weighted by molar-refractivity contribution is -0.176. The van der Waals surface area contributed by atoms with Crippen LogP contribution >= 0.6 is 22.6 Å². The number of benzene rings is 2. The van der Waals surface area contributed by atoms with Gasteiger partial charge in [0.25, 0.3) is 0 Å². The fourth-order valence-corrected chi connectivity index (χ4v) is 3.97. The van der Waals surface area contributed by atoms with Crippen molar-refractivity contribution in [3.63, 3.8) is 0 Å². The molecule has 1 fully saturated rings. The molecule has 0 bridgehead atoms. The van der Waals surface area contributed by atoms with Crippen LogP contribution in [0.1, 0.15) is 30.9 Å². The van der Waals surface area contributed by atoms with Crippen LogP contribution in [0.25, 0.3) is 10.8 Å². The summed E-state index contributed by atoms with van der Waals surface area (Å²) in [6.45, 7) is 1.03. The zero-order valence-corrected chi connectivity index (χ0v) is 13.3. The molecule has 19 heavy (non-hydrogen) atoms. The van der Waals surface area contributed by atoms with Crippen molar-refractivity contribution in [1.82, 2.24) is 5.06 Å². The Labute approximate surface area is 127 Å². The van der Waals surface area contributed by atoms with Gasteiger partial charge in [-0.2, -0.15) is 5.06 Å². The third-order valence-electron chi connectivity index (χ3n) is 3.94. The van der Waals surface area contributed by atoms with Crippen molar-refractivity contribution in [3.05, 3.63) is 45.5 Å². The minimum atomic E-state index is 0.398. The molecule has 1 unspecified atom stereocenters. The van der Waals surface area contributed by atoms with E-state index in [4.69, 9.17) is 4.84 Å². The molecule has 1 aliphatic rings. The van der Waals surface area contributed by atoms with E-state index in [2.05, 4.69) is 64.1 Å². The minimum Gasteiger partial charge on any atom is -0.302 e. The van der Waals surface area contributed by atoms with Gasteiger partial charge in [-0.1, -0.05) is 42.8 Å². The van der Waals surface area contributed by atoms with Gasteiger partial charge in [-0.05, 0) is 51.8 Å². The standard InChI is InChI=1S/C16H18INO/c1-19-18-11-5-4-8-15(18)14-10-9-12-6-2-3-7-13(12)16(14)17/h2-3,6-7,9-10,15H,4-5,8,11H2,1H3. The smallest absolute Gasteiger partial charge is 0.0612 e. The van der Waals surface area contributed by atoms with Crippen LogP contribution in [0.3, 0.4) is 0 Å². The molecule has 0 aromatic heterocycles. The number of hydroxylamine groups is 2. The molecular formula is C16H18INO. The molecule has 2 aromatic carbocycles. The summed E-state index contributed by atoms with van der Waals surface area (Å²) in [6, 6.07) is 13.5. The molecular weight excluding hydrogens is 349 g/mol. The molecule has 3 rings (SSSR count). The lowest BCUT2D eigenvalue weighted by Crippen LogP contribution is -2.32. The summed E-state index contributed by atoms with van der Waals surface area (Å²) in [7, 11) is 1.78. The van der Waals surface area contributed by atoms with Gasteiger partial charge in [-0.3, -0.25) is 0 Å². The van der Waals surface area contributed by atoms with Gasteiger partial charge in [0.2, 0.25) is 0 Å². The summed E-state index contributed by atoms with van der Waals surface area (Å²) in [4.78, 5) is 5.56.